The molecule has 52 heavy (non-hydrogen) atoms. The first-order valence-corrected chi connectivity index (χ1v) is 19.0. The van der Waals surface area contributed by atoms with E-state index in [9.17, 15) is 23.1 Å². The summed E-state index contributed by atoms with van der Waals surface area (Å²) in [4.78, 5) is 29.3. The van der Waals surface area contributed by atoms with Gasteiger partial charge in [-0.15, -0.1) is 0 Å². The van der Waals surface area contributed by atoms with Gasteiger partial charge in [-0.2, -0.15) is 4.31 Å². The van der Waals surface area contributed by atoms with Crippen molar-refractivity contribution in [3.05, 3.63) is 77.7 Å². The minimum atomic E-state index is -3.96. The summed E-state index contributed by atoms with van der Waals surface area (Å²) in [6.07, 6.45) is 1.34. The summed E-state index contributed by atoms with van der Waals surface area (Å²) in [7, 11) is -2.47. The summed E-state index contributed by atoms with van der Waals surface area (Å²) in [6.45, 7) is 8.92. The Morgan fingerprint density at radius 2 is 1.83 bits per heavy atom. The molecule has 0 spiro atoms. The van der Waals surface area contributed by atoms with Gasteiger partial charge in [0.05, 0.1) is 36.1 Å². The van der Waals surface area contributed by atoms with E-state index in [-0.39, 0.29) is 53.6 Å². The van der Waals surface area contributed by atoms with Crippen molar-refractivity contribution in [3.8, 4) is 5.75 Å². The largest absolute Gasteiger partial charge is 0.490 e. The quantitative estimate of drug-likeness (QED) is 0.191. The Morgan fingerprint density at radius 3 is 2.56 bits per heavy atom. The number of benzene rings is 3. The summed E-state index contributed by atoms with van der Waals surface area (Å²) in [5, 5.41) is 21.7. The number of nitrogens with zero attached hydrogens (tertiary/aromatic N) is 3. The molecule has 5 rings (SSSR count). The van der Waals surface area contributed by atoms with Gasteiger partial charge in [-0.1, -0.05) is 48.5 Å². The molecule has 1 aromatic heterocycles. The van der Waals surface area contributed by atoms with Gasteiger partial charge in [-0.05, 0) is 76.6 Å². The van der Waals surface area contributed by atoms with Crippen LogP contribution in [-0.2, 0) is 14.8 Å². The normalized spacial score (nSPS) is 19.8. The Hall–Kier alpha value is -4.50. The average Bonchev–Trinajstić information content (AvgIpc) is 3.47. The third kappa shape index (κ3) is 8.92. The molecule has 0 aliphatic carbocycles. The van der Waals surface area contributed by atoms with Gasteiger partial charge in [-0.3, -0.25) is 4.79 Å². The number of amides is 3. The molecule has 3 N–H and O–H groups in total. The SMILES string of the molecule is Cc1noc(C)c1S(=O)(=O)N(C)C[C@@H]1OCCCC[C@@H](C)Oc2ccc(NC(=O)Nc3cccc4ccccc34)cc2C(=O)N([C@H](C)CO)C[C@H]1C. The van der Waals surface area contributed by atoms with Crippen LogP contribution in [0.4, 0.5) is 16.2 Å². The van der Waals surface area contributed by atoms with Crippen molar-refractivity contribution < 1.29 is 37.1 Å². The molecule has 0 unspecified atom stereocenters. The lowest BCUT2D eigenvalue weighted by atomic mass is 10.0. The predicted octanol–water partition coefficient (Wildman–Crippen LogP) is 6.20. The number of sulfonamides is 1. The molecule has 14 heteroatoms. The van der Waals surface area contributed by atoms with Crippen molar-refractivity contribution >= 4 is 44.1 Å². The van der Waals surface area contributed by atoms with Crippen LogP contribution < -0.4 is 15.4 Å². The Kier molecular flexibility index (Phi) is 12.6. The molecule has 4 atom stereocenters. The highest BCUT2D eigenvalue weighted by Gasteiger charge is 2.34. The Morgan fingerprint density at radius 1 is 1.08 bits per heavy atom. The lowest BCUT2D eigenvalue weighted by Gasteiger charge is -2.35. The number of anilines is 2. The topological polar surface area (TPSA) is 164 Å². The number of likely N-dealkylation sites (N-methyl/N-ethyl adjacent to an activating group) is 1. The van der Waals surface area contributed by atoms with Crippen LogP contribution >= 0.6 is 0 Å². The van der Waals surface area contributed by atoms with Crippen LogP contribution in [0, 0.1) is 19.8 Å². The summed E-state index contributed by atoms with van der Waals surface area (Å²) in [6, 6.07) is 17.2. The standard InChI is InChI=1S/C38H49N5O8S/c1-24-21-43(25(2)23-44)37(45)32-20-30(39-38(46)40-33-16-11-14-29-13-7-8-15-31(29)33)17-18-34(32)50-26(3)12-9-10-19-49-35(24)22-42(6)52(47,48)36-27(4)41-51-28(36)5/h7-8,11,13-18,20,24-26,35,44H,9-10,12,19,21-23H2,1-6H3,(H2,39,40,46)/t24-,25-,26-,35+/m1/s1. The zero-order valence-corrected chi connectivity index (χ0v) is 31.4. The molecule has 0 bridgehead atoms. The maximum absolute atomic E-state index is 14.5. The average molecular weight is 736 g/mol. The molecule has 4 aromatic rings. The molecule has 0 radical (unpaired) electrons. The molecule has 3 aromatic carbocycles. The number of urea groups is 1. The number of rotatable bonds is 8. The van der Waals surface area contributed by atoms with Gasteiger partial charge in [0.25, 0.3) is 5.91 Å². The minimum absolute atomic E-state index is 0.0130. The number of fused-ring (bicyclic) bond motifs is 2. The van der Waals surface area contributed by atoms with E-state index >= 15 is 0 Å². The predicted molar refractivity (Wildman–Crippen MR) is 199 cm³/mol. The first-order chi connectivity index (χ1) is 24.8. The number of ether oxygens (including phenoxy) is 2. The third-order valence-corrected chi connectivity index (χ3v) is 11.5. The molecule has 0 saturated heterocycles. The molecule has 2 heterocycles. The molecule has 0 saturated carbocycles. The van der Waals surface area contributed by atoms with Crippen LogP contribution in [-0.4, -0.2) is 91.4 Å². The van der Waals surface area contributed by atoms with E-state index < -0.39 is 34.1 Å². The van der Waals surface area contributed by atoms with E-state index in [2.05, 4.69) is 15.8 Å². The lowest BCUT2D eigenvalue weighted by Crippen LogP contribution is -2.48. The van der Waals surface area contributed by atoms with Crippen molar-refractivity contribution in [1.29, 1.82) is 0 Å². The van der Waals surface area contributed by atoms with E-state index in [0.717, 1.165) is 17.2 Å². The second-order valence-corrected chi connectivity index (χ2v) is 15.5. The maximum Gasteiger partial charge on any atom is 0.323 e. The molecular weight excluding hydrogens is 687 g/mol. The fourth-order valence-electron chi connectivity index (χ4n) is 6.43. The number of hydrogen-bond acceptors (Lipinski definition) is 9. The van der Waals surface area contributed by atoms with Crippen LogP contribution in [0.15, 0.2) is 70.1 Å². The zero-order valence-electron chi connectivity index (χ0n) is 30.6. The minimum Gasteiger partial charge on any atom is -0.490 e. The van der Waals surface area contributed by atoms with Crippen molar-refractivity contribution in [3.63, 3.8) is 0 Å². The van der Waals surface area contributed by atoms with Gasteiger partial charge >= 0.3 is 6.03 Å². The van der Waals surface area contributed by atoms with E-state index in [1.165, 1.54) is 11.4 Å². The van der Waals surface area contributed by atoms with Gasteiger partial charge < -0.3 is 34.6 Å². The first-order valence-electron chi connectivity index (χ1n) is 17.6. The molecule has 280 valence electrons. The number of aryl methyl sites for hydroxylation is 2. The van der Waals surface area contributed by atoms with Crippen LogP contribution in [0.1, 0.15) is 61.8 Å². The Balaban J connectivity index is 1.42. The Labute approximate surface area is 305 Å². The molecule has 13 nitrogen and oxygen atoms in total. The summed E-state index contributed by atoms with van der Waals surface area (Å²) < 4.78 is 46.2. The second-order valence-electron chi connectivity index (χ2n) is 13.6. The Bertz CT molecular complexity index is 1960. The molecule has 1 aliphatic heterocycles. The monoisotopic (exact) mass is 735 g/mol. The van der Waals surface area contributed by atoms with Crippen molar-refractivity contribution in [2.24, 2.45) is 5.92 Å². The van der Waals surface area contributed by atoms with E-state index in [1.54, 1.807) is 43.9 Å². The zero-order chi connectivity index (χ0) is 37.6. The number of carbonyl (C=O) groups is 2. The summed E-state index contributed by atoms with van der Waals surface area (Å²) in [5.41, 5.74) is 1.50. The van der Waals surface area contributed by atoms with E-state index in [0.29, 0.717) is 36.6 Å². The highest BCUT2D eigenvalue weighted by atomic mass is 32.2. The van der Waals surface area contributed by atoms with Gasteiger partial charge in [0.1, 0.15) is 16.3 Å². The van der Waals surface area contributed by atoms with Crippen molar-refractivity contribution in [2.45, 2.75) is 77.0 Å². The number of hydrogen-bond donors (Lipinski definition) is 3. The molecular formula is C38H49N5O8S. The van der Waals surface area contributed by atoms with Crippen molar-refractivity contribution in [1.82, 2.24) is 14.4 Å². The summed E-state index contributed by atoms with van der Waals surface area (Å²) >= 11 is 0. The van der Waals surface area contributed by atoms with Gasteiger partial charge in [0.2, 0.25) is 10.0 Å². The summed E-state index contributed by atoms with van der Waals surface area (Å²) in [5.74, 6) is -0.219. The lowest BCUT2D eigenvalue weighted by molar-refractivity contribution is -0.00835. The highest BCUT2D eigenvalue weighted by Crippen LogP contribution is 2.30. The van der Waals surface area contributed by atoms with Crippen molar-refractivity contribution in [2.75, 3.05) is 44.0 Å². The highest BCUT2D eigenvalue weighted by molar-refractivity contribution is 7.89. The van der Waals surface area contributed by atoms with Gasteiger partial charge in [0.15, 0.2) is 5.76 Å². The van der Waals surface area contributed by atoms with E-state index in [4.69, 9.17) is 14.0 Å². The third-order valence-electron chi connectivity index (χ3n) is 9.42. The second kappa shape index (κ2) is 16.9. The van der Waals surface area contributed by atoms with Crippen LogP contribution in [0.5, 0.6) is 5.75 Å². The fourth-order valence-corrected chi connectivity index (χ4v) is 7.90. The molecule has 1 aliphatic rings. The van der Waals surface area contributed by atoms with Crippen LogP contribution in [0.3, 0.4) is 0 Å². The van der Waals surface area contributed by atoms with Crippen LogP contribution in [0.2, 0.25) is 0 Å². The van der Waals surface area contributed by atoms with E-state index in [1.807, 2.05) is 56.3 Å². The van der Waals surface area contributed by atoms with Crippen LogP contribution in [0.25, 0.3) is 10.8 Å². The molecule has 3 amide bonds. The number of aliphatic hydroxyl groups excluding tert-OH is 1. The fraction of sp³-hybridized carbons (Fsp3) is 0.447. The maximum atomic E-state index is 14.5. The smallest absolute Gasteiger partial charge is 0.323 e. The molecule has 0 fully saturated rings. The van der Waals surface area contributed by atoms with Gasteiger partial charge in [-0.25, -0.2) is 13.2 Å². The first kappa shape index (κ1) is 38.7. The van der Waals surface area contributed by atoms with Gasteiger partial charge in [0, 0.05) is 43.7 Å². The number of aromatic nitrogens is 1. The number of carbonyl (C=O) groups excluding carboxylic acids is 2. The number of aliphatic hydroxyl groups is 1. The number of nitrogens with one attached hydrogen (secondary N) is 2.